The third-order valence-corrected chi connectivity index (χ3v) is 3.03. The van der Waals surface area contributed by atoms with Gasteiger partial charge in [0.15, 0.2) is 6.61 Å². The van der Waals surface area contributed by atoms with Crippen LogP contribution in [0.3, 0.4) is 0 Å². The minimum absolute atomic E-state index is 0.0618. The molecular weight excluding hydrogens is 276 g/mol. The summed E-state index contributed by atoms with van der Waals surface area (Å²) in [4.78, 5) is 11.8. The van der Waals surface area contributed by atoms with Crippen molar-refractivity contribution < 1.29 is 9.53 Å². The highest BCUT2D eigenvalue weighted by molar-refractivity contribution is 6.02. The van der Waals surface area contributed by atoms with Gasteiger partial charge in [0.25, 0.3) is 5.91 Å². The molecule has 0 aliphatic carbocycles. The van der Waals surface area contributed by atoms with Crippen LogP contribution in [0, 0.1) is 5.92 Å². The lowest BCUT2D eigenvalue weighted by atomic mass is 10.0. The molecule has 0 saturated heterocycles. The van der Waals surface area contributed by atoms with Gasteiger partial charge in [-0.05, 0) is 23.6 Å². The predicted molar refractivity (Wildman–Crippen MR) is 87.9 cm³/mol. The summed E-state index contributed by atoms with van der Waals surface area (Å²) in [5.74, 6) is 0.587. The van der Waals surface area contributed by atoms with Crippen molar-refractivity contribution in [3.8, 4) is 5.75 Å². The van der Waals surface area contributed by atoms with E-state index in [0.29, 0.717) is 5.75 Å². The first-order chi connectivity index (χ1) is 10.7. The maximum Gasteiger partial charge on any atom is 0.277 e. The fourth-order valence-corrected chi connectivity index (χ4v) is 1.96. The number of benzene rings is 2. The van der Waals surface area contributed by atoms with Gasteiger partial charge >= 0.3 is 0 Å². The van der Waals surface area contributed by atoms with Crippen molar-refractivity contribution >= 4 is 11.6 Å². The Bertz CT molecular complexity index is 622. The molecule has 2 aromatic rings. The van der Waals surface area contributed by atoms with Crippen molar-refractivity contribution in [3.63, 3.8) is 0 Å². The topological polar surface area (TPSA) is 50.7 Å². The normalized spacial score (nSPS) is 11.3. The molecule has 2 aromatic carbocycles. The highest BCUT2D eigenvalue weighted by Gasteiger charge is 2.09. The number of carbonyl (C=O) groups is 1. The van der Waals surface area contributed by atoms with Crippen LogP contribution in [-0.2, 0) is 4.79 Å². The van der Waals surface area contributed by atoms with Crippen LogP contribution < -0.4 is 10.2 Å². The molecule has 0 aromatic heterocycles. The van der Waals surface area contributed by atoms with Crippen molar-refractivity contribution in [1.29, 1.82) is 0 Å². The third-order valence-electron chi connectivity index (χ3n) is 3.03. The van der Waals surface area contributed by atoms with Gasteiger partial charge in [0, 0.05) is 0 Å². The average Bonchev–Trinajstić information content (AvgIpc) is 2.55. The predicted octanol–water partition coefficient (Wildman–Crippen LogP) is 3.24. The maximum atomic E-state index is 11.8. The van der Waals surface area contributed by atoms with Crippen LogP contribution in [-0.4, -0.2) is 18.2 Å². The molecule has 114 valence electrons. The third kappa shape index (κ3) is 4.74. The number of rotatable bonds is 6. The van der Waals surface area contributed by atoms with Gasteiger partial charge in [0.05, 0.1) is 5.71 Å². The molecule has 0 heterocycles. The first kappa shape index (κ1) is 15.8. The van der Waals surface area contributed by atoms with E-state index in [1.54, 1.807) is 12.1 Å². The Morgan fingerprint density at radius 3 is 2.23 bits per heavy atom. The molecule has 1 amide bonds. The second-order valence-electron chi connectivity index (χ2n) is 5.15. The molecule has 0 atom stereocenters. The Balaban J connectivity index is 1.95. The zero-order valence-electron chi connectivity index (χ0n) is 12.8. The lowest BCUT2D eigenvalue weighted by Gasteiger charge is -2.11. The Kier molecular flexibility index (Phi) is 5.72. The van der Waals surface area contributed by atoms with E-state index in [4.69, 9.17) is 4.74 Å². The average molecular weight is 296 g/mol. The van der Waals surface area contributed by atoms with Crippen molar-refractivity contribution in [2.45, 2.75) is 13.8 Å². The van der Waals surface area contributed by atoms with E-state index in [1.165, 1.54) is 0 Å². The summed E-state index contributed by atoms with van der Waals surface area (Å²) >= 11 is 0. The zero-order valence-corrected chi connectivity index (χ0v) is 12.8. The minimum atomic E-state index is -0.280. The van der Waals surface area contributed by atoms with Crippen LogP contribution in [0.15, 0.2) is 65.8 Å². The van der Waals surface area contributed by atoms with Gasteiger partial charge in [-0.25, -0.2) is 5.43 Å². The molecular formula is C18H20N2O2. The summed E-state index contributed by atoms with van der Waals surface area (Å²) in [6, 6.07) is 19.0. The summed E-state index contributed by atoms with van der Waals surface area (Å²) < 4.78 is 5.38. The van der Waals surface area contributed by atoms with Gasteiger partial charge in [-0.2, -0.15) is 5.10 Å². The maximum absolute atomic E-state index is 11.8. The highest BCUT2D eigenvalue weighted by atomic mass is 16.5. The van der Waals surface area contributed by atoms with E-state index in [1.807, 2.05) is 62.4 Å². The van der Waals surface area contributed by atoms with Crippen molar-refractivity contribution in [3.05, 3.63) is 66.2 Å². The van der Waals surface area contributed by atoms with Crippen LogP contribution in [0.5, 0.6) is 5.75 Å². The molecule has 4 heteroatoms. The van der Waals surface area contributed by atoms with Gasteiger partial charge in [0.1, 0.15) is 5.75 Å². The summed E-state index contributed by atoms with van der Waals surface area (Å²) in [6.45, 7) is 4.02. The van der Waals surface area contributed by atoms with E-state index < -0.39 is 0 Å². The largest absolute Gasteiger partial charge is 0.484 e. The molecule has 1 N–H and O–H groups in total. The first-order valence-corrected chi connectivity index (χ1v) is 7.26. The van der Waals surface area contributed by atoms with E-state index in [-0.39, 0.29) is 18.4 Å². The second kappa shape index (κ2) is 7.98. The van der Waals surface area contributed by atoms with Crippen LogP contribution in [0.1, 0.15) is 19.4 Å². The van der Waals surface area contributed by atoms with Gasteiger partial charge in [-0.1, -0.05) is 62.4 Å². The number of ether oxygens (including phenoxy) is 1. The molecule has 0 unspecified atom stereocenters. The first-order valence-electron chi connectivity index (χ1n) is 7.26. The van der Waals surface area contributed by atoms with Crippen molar-refractivity contribution in [2.75, 3.05) is 6.61 Å². The highest BCUT2D eigenvalue weighted by Crippen LogP contribution is 2.09. The zero-order chi connectivity index (χ0) is 15.8. The molecule has 0 spiro atoms. The summed E-state index contributed by atoms with van der Waals surface area (Å²) in [5.41, 5.74) is 4.40. The van der Waals surface area contributed by atoms with Crippen molar-refractivity contribution in [1.82, 2.24) is 5.43 Å². The number of hydrogen-bond donors (Lipinski definition) is 1. The van der Waals surface area contributed by atoms with E-state index in [2.05, 4.69) is 10.5 Å². The molecule has 0 aliphatic rings. The van der Waals surface area contributed by atoms with Crippen LogP contribution in [0.2, 0.25) is 0 Å². The lowest BCUT2D eigenvalue weighted by molar-refractivity contribution is -0.123. The fraction of sp³-hybridized carbons (Fsp3) is 0.222. The minimum Gasteiger partial charge on any atom is -0.484 e. The summed E-state index contributed by atoms with van der Waals surface area (Å²) in [7, 11) is 0. The number of hydrazone groups is 1. The molecule has 4 nitrogen and oxygen atoms in total. The summed E-state index contributed by atoms with van der Waals surface area (Å²) in [5, 5.41) is 4.24. The molecule has 2 rings (SSSR count). The second-order valence-corrected chi connectivity index (χ2v) is 5.15. The lowest BCUT2D eigenvalue weighted by Crippen LogP contribution is -2.27. The van der Waals surface area contributed by atoms with E-state index >= 15 is 0 Å². The van der Waals surface area contributed by atoms with E-state index in [0.717, 1.165) is 11.3 Å². The number of nitrogens with zero attached hydrogens (tertiary/aromatic N) is 1. The molecule has 0 bridgehead atoms. The molecule has 0 aliphatic heterocycles. The molecule has 0 fully saturated rings. The summed E-state index contributed by atoms with van der Waals surface area (Å²) in [6.07, 6.45) is 0. The number of para-hydroxylation sites is 1. The Labute approximate surface area is 130 Å². The van der Waals surface area contributed by atoms with Crippen LogP contribution >= 0.6 is 0 Å². The van der Waals surface area contributed by atoms with Gasteiger partial charge < -0.3 is 4.74 Å². The number of amides is 1. The Morgan fingerprint density at radius 1 is 1.05 bits per heavy atom. The number of hydrogen-bond acceptors (Lipinski definition) is 3. The van der Waals surface area contributed by atoms with Gasteiger partial charge in [-0.15, -0.1) is 0 Å². The Morgan fingerprint density at radius 2 is 1.64 bits per heavy atom. The molecule has 0 radical (unpaired) electrons. The standard InChI is InChI=1S/C18H20N2O2/c1-14(2)18(15-9-5-3-6-10-15)20-19-17(21)13-22-16-11-7-4-8-12-16/h3-12,14H,13H2,1-2H3,(H,19,21). The number of carbonyl (C=O) groups excluding carboxylic acids is 1. The van der Waals surface area contributed by atoms with Gasteiger partial charge in [0.2, 0.25) is 0 Å². The van der Waals surface area contributed by atoms with Gasteiger partial charge in [-0.3, -0.25) is 4.79 Å². The number of nitrogens with one attached hydrogen (secondary N) is 1. The van der Waals surface area contributed by atoms with E-state index in [9.17, 15) is 4.79 Å². The smallest absolute Gasteiger partial charge is 0.277 e. The molecule has 22 heavy (non-hydrogen) atoms. The van der Waals surface area contributed by atoms with Crippen LogP contribution in [0.4, 0.5) is 0 Å². The fourth-order valence-electron chi connectivity index (χ4n) is 1.96. The van der Waals surface area contributed by atoms with Crippen LogP contribution in [0.25, 0.3) is 0 Å². The quantitative estimate of drug-likeness (QED) is 0.657. The Hall–Kier alpha value is -2.62. The SMILES string of the molecule is CC(C)C(=NNC(=O)COc1ccccc1)c1ccccc1. The monoisotopic (exact) mass is 296 g/mol. The molecule has 0 saturated carbocycles. The van der Waals surface area contributed by atoms with Crippen molar-refractivity contribution in [2.24, 2.45) is 11.0 Å².